The van der Waals surface area contributed by atoms with Crippen molar-refractivity contribution in [3.8, 4) is 0 Å². The maximum Gasteiger partial charge on any atom is 0.254 e. The van der Waals surface area contributed by atoms with Gasteiger partial charge in [0.25, 0.3) is 11.8 Å². The Morgan fingerprint density at radius 3 is 2.60 bits per heavy atom. The molecule has 5 aromatic rings. The highest BCUT2D eigenvalue weighted by Crippen LogP contribution is 2.35. The minimum atomic E-state index is -0.878. The summed E-state index contributed by atoms with van der Waals surface area (Å²) in [5.41, 5.74) is 4.46. The van der Waals surface area contributed by atoms with Crippen LogP contribution in [0.25, 0.3) is 11.0 Å². The summed E-state index contributed by atoms with van der Waals surface area (Å²) in [6.07, 6.45) is 1.36. The van der Waals surface area contributed by atoms with Gasteiger partial charge < -0.3 is 25.1 Å². The van der Waals surface area contributed by atoms with E-state index in [9.17, 15) is 14.7 Å². The van der Waals surface area contributed by atoms with Crippen molar-refractivity contribution in [2.75, 3.05) is 13.1 Å². The van der Waals surface area contributed by atoms with Crippen LogP contribution in [0, 0.1) is 13.8 Å². The molecule has 8 nitrogen and oxygen atoms in total. The highest BCUT2D eigenvalue weighted by Gasteiger charge is 2.33. The molecule has 1 fully saturated rings. The first kappa shape index (κ1) is 30.7. The molecule has 3 unspecified atom stereocenters. The Bertz CT molecular complexity index is 1750. The highest BCUT2D eigenvalue weighted by atomic mass is 32.1. The molecule has 232 valence electrons. The summed E-state index contributed by atoms with van der Waals surface area (Å²) >= 11 is 1.59. The minimum Gasteiger partial charge on any atom is -0.460 e. The van der Waals surface area contributed by atoms with Crippen LogP contribution < -0.4 is 10.6 Å². The Hall–Kier alpha value is -4.31. The number of fused-ring (bicyclic) bond motifs is 1. The molecule has 2 aromatic heterocycles. The second-order valence-electron chi connectivity index (χ2n) is 11.8. The Kier molecular flexibility index (Phi) is 9.39. The maximum atomic E-state index is 13.7. The molecule has 3 atom stereocenters. The molecule has 0 saturated carbocycles. The van der Waals surface area contributed by atoms with E-state index in [-0.39, 0.29) is 24.4 Å². The summed E-state index contributed by atoms with van der Waals surface area (Å²) in [4.78, 5) is 34.0. The standard InChI is InChI=1S/C36H38N4O4S/c1-23-15-27(18-28(16-23)36(43)40-14-8-12-31(40)35-38-24(2)22-45-35)34(42)39-30(17-25-9-4-3-5-10-25)32(41)21-37-20-29-19-26-11-6-7-13-33(26)44-29/h3-7,9-11,13,15-16,18-19,22,30-32,37,41H,8,12,14,17,20-21H2,1-2H3,(H,39,42). The number of aryl methyl sites for hydroxylation is 2. The van der Waals surface area contributed by atoms with Gasteiger partial charge in [-0.05, 0) is 74.6 Å². The number of para-hydroxylation sites is 1. The number of likely N-dealkylation sites (tertiary alicyclic amines) is 1. The van der Waals surface area contributed by atoms with Crippen molar-refractivity contribution in [1.82, 2.24) is 20.5 Å². The van der Waals surface area contributed by atoms with Crippen LogP contribution in [0.15, 0.2) is 88.7 Å². The van der Waals surface area contributed by atoms with Crippen LogP contribution in [-0.2, 0) is 13.0 Å². The van der Waals surface area contributed by atoms with Crippen LogP contribution in [0.5, 0.6) is 0 Å². The predicted octanol–water partition coefficient (Wildman–Crippen LogP) is 5.98. The average molecular weight is 623 g/mol. The number of carbonyl (C=O) groups excluding carboxylic acids is 2. The largest absolute Gasteiger partial charge is 0.460 e. The van der Waals surface area contributed by atoms with Crippen molar-refractivity contribution >= 4 is 34.1 Å². The number of rotatable bonds is 11. The van der Waals surface area contributed by atoms with Crippen LogP contribution in [0.1, 0.15) is 67.2 Å². The number of furan rings is 1. The van der Waals surface area contributed by atoms with E-state index in [2.05, 4.69) is 15.6 Å². The van der Waals surface area contributed by atoms with E-state index in [1.807, 2.05) is 90.9 Å². The molecular formula is C36H38N4O4S. The minimum absolute atomic E-state index is 0.0496. The van der Waals surface area contributed by atoms with Gasteiger partial charge in [-0.15, -0.1) is 11.3 Å². The molecule has 0 radical (unpaired) electrons. The van der Waals surface area contributed by atoms with E-state index in [4.69, 9.17) is 4.42 Å². The van der Waals surface area contributed by atoms with Crippen molar-refractivity contribution in [1.29, 1.82) is 0 Å². The number of carbonyl (C=O) groups is 2. The molecule has 6 rings (SSSR count). The van der Waals surface area contributed by atoms with Crippen molar-refractivity contribution in [2.45, 2.75) is 57.8 Å². The van der Waals surface area contributed by atoms with Gasteiger partial charge in [-0.2, -0.15) is 0 Å². The Balaban J connectivity index is 1.16. The number of aliphatic hydroxyl groups excluding tert-OH is 1. The molecule has 0 bridgehead atoms. The third-order valence-electron chi connectivity index (χ3n) is 8.23. The first-order chi connectivity index (χ1) is 21.8. The number of aromatic nitrogens is 1. The lowest BCUT2D eigenvalue weighted by atomic mass is 9.99. The van der Waals surface area contributed by atoms with Gasteiger partial charge in [0.1, 0.15) is 16.4 Å². The van der Waals surface area contributed by atoms with Crippen molar-refractivity contribution in [2.24, 2.45) is 0 Å². The van der Waals surface area contributed by atoms with Crippen molar-refractivity contribution in [3.05, 3.63) is 123 Å². The molecular weight excluding hydrogens is 584 g/mol. The van der Waals surface area contributed by atoms with Crippen molar-refractivity contribution in [3.63, 3.8) is 0 Å². The lowest BCUT2D eigenvalue weighted by Gasteiger charge is -2.25. The van der Waals surface area contributed by atoms with Gasteiger partial charge in [0, 0.05) is 40.7 Å². The lowest BCUT2D eigenvalue weighted by molar-refractivity contribution is 0.0735. The van der Waals surface area contributed by atoms with Gasteiger partial charge in [0.05, 0.1) is 24.7 Å². The van der Waals surface area contributed by atoms with E-state index in [1.54, 1.807) is 23.5 Å². The van der Waals surface area contributed by atoms with E-state index < -0.39 is 12.1 Å². The smallest absolute Gasteiger partial charge is 0.254 e. The van der Waals surface area contributed by atoms with Gasteiger partial charge in [-0.3, -0.25) is 9.59 Å². The van der Waals surface area contributed by atoms with Crippen molar-refractivity contribution < 1.29 is 19.1 Å². The molecule has 3 N–H and O–H groups in total. The topological polar surface area (TPSA) is 108 Å². The van der Waals surface area contributed by atoms with E-state index in [0.717, 1.165) is 51.4 Å². The predicted molar refractivity (Wildman–Crippen MR) is 176 cm³/mol. The van der Waals surface area contributed by atoms with Gasteiger partial charge in [-0.1, -0.05) is 48.5 Å². The Morgan fingerprint density at radius 2 is 1.82 bits per heavy atom. The zero-order valence-electron chi connectivity index (χ0n) is 25.5. The van der Waals surface area contributed by atoms with Gasteiger partial charge in [0.2, 0.25) is 0 Å². The average Bonchev–Trinajstić information content (AvgIpc) is 3.80. The molecule has 9 heteroatoms. The van der Waals surface area contributed by atoms with Crippen LogP contribution in [0.2, 0.25) is 0 Å². The molecule has 45 heavy (non-hydrogen) atoms. The maximum absolute atomic E-state index is 13.7. The second-order valence-corrected chi connectivity index (χ2v) is 12.7. The highest BCUT2D eigenvalue weighted by molar-refractivity contribution is 7.09. The number of aliphatic hydroxyl groups is 1. The normalized spacial score (nSPS) is 16.2. The van der Waals surface area contributed by atoms with Crippen LogP contribution in [0.3, 0.4) is 0 Å². The molecule has 3 aromatic carbocycles. The first-order valence-electron chi connectivity index (χ1n) is 15.4. The lowest BCUT2D eigenvalue weighted by Crippen LogP contribution is -2.48. The summed E-state index contributed by atoms with van der Waals surface area (Å²) in [5, 5.41) is 21.6. The SMILES string of the molecule is Cc1cc(C(=O)NC(Cc2ccccc2)C(O)CNCc2cc3ccccc3o2)cc(C(=O)N2CCCC2c2nc(C)cs2)c1. The second kappa shape index (κ2) is 13.8. The number of thiazole rings is 1. The first-order valence-corrected chi connectivity index (χ1v) is 16.3. The van der Waals surface area contributed by atoms with Gasteiger partial charge >= 0.3 is 0 Å². The third kappa shape index (κ3) is 7.33. The Morgan fingerprint density at radius 1 is 1.04 bits per heavy atom. The number of hydrogen-bond donors (Lipinski definition) is 3. The number of nitrogens with one attached hydrogen (secondary N) is 2. The summed E-state index contributed by atoms with van der Waals surface area (Å²) in [6.45, 7) is 5.20. The summed E-state index contributed by atoms with van der Waals surface area (Å²) in [6, 6.07) is 24.2. The monoisotopic (exact) mass is 622 g/mol. The number of amides is 2. The molecule has 2 amide bonds. The van der Waals surface area contributed by atoms with E-state index >= 15 is 0 Å². The molecule has 1 aliphatic rings. The zero-order valence-corrected chi connectivity index (χ0v) is 26.3. The summed E-state index contributed by atoms with van der Waals surface area (Å²) < 4.78 is 5.89. The summed E-state index contributed by atoms with van der Waals surface area (Å²) in [7, 11) is 0. The van der Waals surface area contributed by atoms with E-state index in [1.165, 1.54) is 0 Å². The molecule has 0 spiro atoms. The number of hydrogen-bond acceptors (Lipinski definition) is 7. The summed E-state index contributed by atoms with van der Waals surface area (Å²) in [5.74, 6) is 0.339. The van der Waals surface area contributed by atoms with Crippen LogP contribution in [-0.4, -0.2) is 52.0 Å². The number of nitrogens with zero attached hydrogens (tertiary/aromatic N) is 2. The fourth-order valence-electron chi connectivity index (χ4n) is 6.01. The van der Waals surface area contributed by atoms with Crippen LogP contribution >= 0.6 is 11.3 Å². The Labute approximate surface area is 267 Å². The molecule has 1 aliphatic heterocycles. The van der Waals surface area contributed by atoms with E-state index in [0.29, 0.717) is 30.6 Å². The van der Waals surface area contributed by atoms with Gasteiger partial charge in [-0.25, -0.2) is 4.98 Å². The molecule has 3 heterocycles. The van der Waals surface area contributed by atoms with Gasteiger partial charge in [0.15, 0.2) is 0 Å². The fraction of sp³-hybridized carbons (Fsp3) is 0.306. The third-order valence-corrected chi connectivity index (χ3v) is 9.29. The fourth-order valence-corrected chi connectivity index (χ4v) is 6.95. The quantitative estimate of drug-likeness (QED) is 0.167. The molecule has 0 aliphatic carbocycles. The van der Waals surface area contributed by atoms with Crippen LogP contribution in [0.4, 0.5) is 0 Å². The zero-order chi connectivity index (χ0) is 31.3. The molecule has 1 saturated heterocycles. The number of benzene rings is 3.